The number of ether oxygens (including phenoxy) is 1. The highest BCUT2D eigenvalue weighted by Crippen LogP contribution is 2.34. The highest BCUT2D eigenvalue weighted by Gasteiger charge is 2.58. The molecule has 1 N–H and O–H groups in total. The minimum atomic E-state index is -1.24. The Labute approximate surface area is 140 Å². The van der Waals surface area contributed by atoms with Crippen LogP contribution in [0, 0.1) is 5.41 Å². The molecule has 0 bridgehead atoms. The molecule has 0 radical (unpaired) electrons. The van der Waals surface area contributed by atoms with Gasteiger partial charge in [0.1, 0.15) is 5.54 Å². The predicted octanol–water partition coefficient (Wildman–Crippen LogP) is 0.592. The van der Waals surface area contributed by atoms with Crippen molar-refractivity contribution in [2.45, 2.75) is 33.2 Å². The number of carbonyl (C=O) groups excluding carboxylic acids is 3. The number of piperazine rings is 1. The van der Waals surface area contributed by atoms with Crippen LogP contribution < -0.4 is 0 Å². The second-order valence-electron chi connectivity index (χ2n) is 6.91. The van der Waals surface area contributed by atoms with E-state index in [4.69, 9.17) is 9.84 Å². The van der Waals surface area contributed by atoms with Crippen LogP contribution in [-0.2, 0) is 14.3 Å². The summed E-state index contributed by atoms with van der Waals surface area (Å²) >= 11 is 0. The summed E-state index contributed by atoms with van der Waals surface area (Å²) in [5, 5.41) is 9.15. The molecule has 1 atom stereocenters. The Morgan fingerprint density at radius 3 is 2.46 bits per heavy atom. The quantitative estimate of drug-likeness (QED) is 0.592. The van der Waals surface area contributed by atoms with Gasteiger partial charge in [-0.15, -0.1) is 0 Å². The smallest absolute Gasteiger partial charge is 0.407 e. The van der Waals surface area contributed by atoms with Crippen molar-refractivity contribution in [2.24, 2.45) is 5.41 Å². The number of nitrogens with zero attached hydrogens (tertiary/aromatic N) is 3. The largest absolute Gasteiger partial charge is 0.466 e. The van der Waals surface area contributed by atoms with Gasteiger partial charge in [-0.05, 0) is 27.7 Å². The van der Waals surface area contributed by atoms with Gasteiger partial charge < -0.3 is 19.6 Å². The van der Waals surface area contributed by atoms with Gasteiger partial charge in [0.2, 0.25) is 0 Å². The third-order valence-electron chi connectivity index (χ3n) is 4.51. The maximum absolute atomic E-state index is 12.8. The van der Waals surface area contributed by atoms with Crippen molar-refractivity contribution >= 4 is 24.0 Å². The summed E-state index contributed by atoms with van der Waals surface area (Å²) in [6.07, 6.45) is -1.12. The van der Waals surface area contributed by atoms with Gasteiger partial charge >= 0.3 is 18.1 Å². The van der Waals surface area contributed by atoms with Crippen molar-refractivity contribution in [3.05, 3.63) is 0 Å². The number of rotatable bonds is 4. The summed E-state index contributed by atoms with van der Waals surface area (Å²) in [6, 6.07) is -0.495. The maximum atomic E-state index is 12.8. The third-order valence-corrected chi connectivity index (χ3v) is 4.51. The van der Waals surface area contributed by atoms with E-state index in [0.29, 0.717) is 0 Å². The molecule has 0 aromatic heterocycles. The molecule has 0 aromatic rings. The van der Waals surface area contributed by atoms with Crippen molar-refractivity contribution in [1.82, 2.24) is 14.7 Å². The number of carboxylic acid groups (broad SMARTS) is 1. The molecule has 9 nitrogen and oxygen atoms in total. The first-order chi connectivity index (χ1) is 11.0. The second-order valence-corrected chi connectivity index (χ2v) is 6.91. The van der Waals surface area contributed by atoms with Gasteiger partial charge in [0.05, 0.1) is 18.6 Å². The lowest BCUT2D eigenvalue weighted by molar-refractivity contribution is -0.154. The molecule has 2 rings (SSSR count). The summed E-state index contributed by atoms with van der Waals surface area (Å²) < 4.78 is 4.99. The van der Waals surface area contributed by atoms with E-state index in [1.807, 2.05) is 0 Å². The zero-order chi connectivity index (χ0) is 18.3. The van der Waals surface area contributed by atoms with Gasteiger partial charge in [0.15, 0.2) is 0 Å². The van der Waals surface area contributed by atoms with E-state index in [2.05, 4.69) is 0 Å². The number of esters is 1. The number of fused-ring (bicyclic) bond motifs is 1. The van der Waals surface area contributed by atoms with E-state index < -0.39 is 35.0 Å². The molecular formula is C15H23N3O6. The Hall–Kier alpha value is -2.32. The monoisotopic (exact) mass is 341 g/mol. The standard InChI is InChI=1S/C15H23N3O6/c1-5-24-11(20)14(2,3)8-17-10(19)15(4)9-16(13(22)23)6-7-18(15)12(17)21/h5-9H2,1-4H3,(H,22,23). The molecule has 2 aliphatic rings. The zero-order valence-corrected chi connectivity index (χ0v) is 14.4. The maximum Gasteiger partial charge on any atom is 0.407 e. The van der Waals surface area contributed by atoms with E-state index >= 15 is 0 Å². The molecule has 0 saturated carbocycles. The van der Waals surface area contributed by atoms with Crippen LogP contribution in [-0.4, -0.2) is 82.1 Å². The fraction of sp³-hybridized carbons (Fsp3) is 0.733. The minimum Gasteiger partial charge on any atom is -0.466 e. The number of imide groups is 1. The molecule has 0 aliphatic carbocycles. The lowest BCUT2D eigenvalue weighted by Crippen LogP contribution is -2.62. The Balaban J connectivity index is 2.23. The molecular weight excluding hydrogens is 318 g/mol. The molecule has 0 spiro atoms. The average molecular weight is 341 g/mol. The molecule has 2 saturated heterocycles. The summed E-state index contributed by atoms with van der Waals surface area (Å²) in [7, 11) is 0. The number of carbonyl (C=O) groups is 4. The van der Waals surface area contributed by atoms with Crippen molar-refractivity contribution in [3.63, 3.8) is 0 Å². The van der Waals surface area contributed by atoms with Crippen molar-refractivity contribution in [2.75, 3.05) is 32.8 Å². The molecule has 2 heterocycles. The first kappa shape index (κ1) is 18.0. The number of amides is 4. The SMILES string of the molecule is CCOC(=O)C(C)(C)CN1C(=O)N2CCN(C(=O)O)CC2(C)C1=O. The molecule has 4 amide bonds. The van der Waals surface area contributed by atoms with Gasteiger partial charge in [-0.25, -0.2) is 9.59 Å². The van der Waals surface area contributed by atoms with E-state index in [1.54, 1.807) is 27.7 Å². The molecule has 0 aromatic carbocycles. The Morgan fingerprint density at radius 1 is 1.29 bits per heavy atom. The van der Waals surface area contributed by atoms with Gasteiger partial charge in [-0.2, -0.15) is 0 Å². The highest BCUT2D eigenvalue weighted by molar-refractivity contribution is 6.07. The first-order valence-electron chi connectivity index (χ1n) is 7.83. The van der Waals surface area contributed by atoms with Crippen LogP contribution in [0.15, 0.2) is 0 Å². The highest BCUT2D eigenvalue weighted by atomic mass is 16.5. The fourth-order valence-corrected chi connectivity index (χ4v) is 3.11. The lowest BCUT2D eigenvalue weighted by atomic mass is 9.92. The number of hydrogen-bond acceptors (Lipinski definition) is 5. The molecule has 1 unspecified atom stereocenters. The molecule has 9 heteroatoms. The molecule has 134 valence electrons. The van der Waals surface area contributed by atoms with E-state index in [9.17, 15) is 19.2 Å². The van der Waals surface area contributed by atoms with E-state index in [1.165, 1.54) is 4.90 Å². The summed E-state index contributed by atoms with van der Waals surface area (Å²) in [5.74, 6) is -0.983. The number of urea groups is 1. The minimum absolute atomic E-state index is 0.0801. The first-order valence-corrected chi connectivity index (χ1v) is 7.83. The zero-order valence-electron chi connectivity index (χ0n) is 14.4. The molecule has 2 fully saturated rings. The third kappa shape index (κ3) is 2.78. The van der Waals surface area contributed by atoms with E-state index in [-0.39, 0.29) is 32.8 Å². The molecule has 2 aliphatic heterocycles. The Bertz CT molecular complexity index is 590. The van der Waals surface area contributed by atoms with E-state index in [0.717, 1.165) is 9.80 Å². The van der Waals surface area contributed by atoms with Gasteiger partial charge in [0, 0.05) is 19.6 Å². The van der Waals surface area contributed by atoms with Gasteiger partial charge in [-0.1, -0.05) is 0 Å². The van der Waals surface area contributed by atoms with Crippen molar-refractivity contribution < 1.29 is 29.0 Å². The van der Waals surface area contributed by atoms with Crippen LogP contribution >= 0.6 is 0 Å². The van der Waals surface area contributed by atoms with Crippen LogP contribution in [0.25, 0.3) is 0 Å². The topological polar surface area (TPSA) is 107 Å². The van der Waals surface area contributed by atoms with Gasteiger partial charge in [-0.3, -0.25) is 14.5 Å². The van der Waals surface area contributed by atoms with Crippen LogP contribution in [0.5, 0.6) is 0 Å². The lowest BCUT2D eigenvalue weighted by Gasteiger charge is -2.40. The summed E-state index contributed by atoms with van der Waals surface area (Å²) in [5.41, 5.74) is -2.28. The van der Waals surface area contributed by atoms with Crippen LogP contribution in [0.1, 0.15) is 27.7 Å². The van der Waals surface area contributed by atoms with Crippen LogP contribution in [0.2, 0.25) is 0 Å². The van der Waals surface area contributed by atoms with Crippen LogP contribution in [0.4, 0.5) is 9.59 Å². The van der Waals surface area contributed by atoms with Gasteiger partial charge in [0.25, 0.3) is 5.91 Å². The average Bonchev–Trinajstić information content (AvgIpc) is 2.68. The predicted molar refractivity (Wildman–Crippen MR) is 82.2 cm³/mol. The summed E-state index contributed by atoms with van der Waals surface area (Å²) in [4.78, 5) is 52.1. The van der Waals surface area contributed by atoms with Crippen LogP contribution in [0.3, 0.4) is 0 Å². The fourth-order valence-electron chi connectivity index (χ4n) is 3.11. The summed E-state index contributed by atoms with van der Waals surface area (Å²) in [6.45, 7) is 6.77. The van der Waals surface area contributed by atoms with Crippen molar-refractivity contribution in [1.29, 1.82) is 0 Å². The normalized spacial score (nSPS) is 24.2. The van der Waals surface area contributed by atoms with Crippen molar-refractivity contribution in [3.8, 4) is 0 Å². The molecule has 24 heavy (non-hydrogen) atoms. The Kier molecular flexibility index (Phi) is 4.47. The Morgan fingerprint density at radius 2 is 1.92 bits per heavy atom. The second kappa shape index (κ2) is 5.95. The number of hydrogen-bond donors (Lipinski definition) is 1.